The van der Waals surface area contributed by atoms with Crippen molar-refractivity contribution >= 4 is 18.2 Å². The number of amides is 2. The van der Waals surface area contributed by atoms with Crippen molar-refractivity contribution in [2.24, 2.45) is 0 Å². The van der Waals surface area contributed by atoms with Gasteiger partial charge in [-0.2, -0.15) is 4.90 Å². The number of ether oxygens (including phenoxy) is 3. The zero-order valence-corrected chi connectivity index (χ0v) is 18.8. The van der Waals surface area contributed by atoms with Gasteiger partial charge in [0.25, 0.3) is 0 Å². The quantitative estimate of drug-likeness (QED) is 0.342. The number of aliphatic hydroxyl groups is 1. The summed E-state index contributed by atoms with van der Waals surface area (Å²) < 4.78 is 15.7. The molecule has 2 atom stereocenters. The maximum atomic E-state index is 12.8. The Morgan fingerprint density at radius 2 is 1.45 bits per heavy atom. The molecule has 0 saturated carbocycles. The number of hydrogen-bond donors (Lipinski definition) is 1. The van der Waals surface area contributed by atoms with Gasteiger partial charge in [0.2, 0.25) is 0 Å². The molecule has 0 spiro atoms. The monoisotopic (exact) mass is 415 g/mol. The zero-order chi connectivity index (χ0) is 22.8. The van der Waals surface area contributed by atoms with Gasteiger partial charge in [0.15, 0.2) is 0 Å². The van der Waals surface area contributed by atoms with Gasteiger partial charge in [0.1, 0.15) is 17.2 Å². The summed E-state index contributed by atoms with van der Waals surface area (Å²) in [6, 6.07) is -1.28. The molecule has 0 rings (SSSR count). The summed E-state index contributed by atoms with van der Waals surface area (Å²) >= 11 is 0. The number of hydrogen-bond acceptors (Lipinski definition) is 7. The van der Waals surface area contributed by atoms with Gasteiger partial charge in [-0.05, 0) is 74.1 Å². The zero-order valence-electron chi connectivity index (χ0n) is 18.8. The predicted molar refractivity (Wildman–Crippen MR) is 109 cm³/mol. The van der Waals surface area contributed by atoms with Crippen LogP contribution in [0.1, 0.15) is 74.1 Å². The molecular weight excluding hydrogens is 378 g/mol. The molecule has 0 aliphatic heterocycles. The fourth-order valence-corrected chi connectivity index (χ4v) is 2.35. The van der Waals surface area contributed by atoms with E-state index in [-0.39, 0.29) is 19.4 Å². The third kappa shape index (κ3) is 11.5. The normalized spacial score (nSPS) is 13.8. The minimum Gasteiger partial charge on any atom is -0.464 e. The molecule has 0 fully saturated rings. The Bertz CT molecular complexity index is 532. The second-order valence-electron chi connectivity index (χ2n) is 8.70. The summed E-state index contributed by atoms with van der Waals surface area (Å²) in [5.41, 5.74) is -1.78. The first kappa shape index (κ1) is 26.9. The van der Waals surface area contributed by atoms with E-state index in [1.54, 1.807) is 54.5 Å². The van der Waals surface area contributed by atoms with Crippen LogP contribution in [0.3, 0.4) is 0 Å². The Morgan fingerprint density at radius 1 is 0.966 bits per heavy atom. The number of nitrogens with zero attached hydrogens (tertiary/aromatic N) is 1. The highest BCUT2D eigenvalue weighted by molar-refractivity contribution is 5.94. The molecule has 0 aromatic heterocycles. The van der Waals surface area contributed by atoms with Crippen LogP contribution in [0.5, 0.6) is 0 Å². The Balaban J connectivity index is 5.77. The van der Waals surface area contributed by atoms with Crippen molar-refractivity contribution in [3.05, 3.63) is 12.7 Å². The largest absolute Gasteiger partial charge is 0.464 e. The van der Waals surface area contributed by atoms with Gasteiger partial charge in [-0.25, -0.2) is 14.4 Å². The number of allylic oxidation sites excluding steroid dienone is 1. The van der Waals surface area contributed by atoms with E-state index in [0.29, 0.717) is 17.7 Å². The number of aliphatic hydroxyl groups excluding tert-OH is 1. The van der Waals surface area contributed by atoms with Crippen molar-refractivity contribution in [2.45, 2.75) is 97.5 Å². The lowest BCUT2D eigenvalue weighted by Gasteiger charge is -2.32. The summed E-state index contributed by atoms with van der Waals surface area (Å²) in [7, 11) is 0. The number of carbonyl (C=O) groups is 3. The summed E-state index contributed by atoms with van der Waals surface area (Å²) in [6.07, 6.45) is 0.194. The summed E-state index contributed by atoms with van der Waals surface area (Å²) in [5.74, 6) is -0.764. The molecule has 29 heavy (non-hydrogen) atoms. The van der Waals surface area contributed by atoms with E-state index in [0.717, 1.165) is 0 Å². The average molecular weight is 416 g/mol. The summed E-state index contributed by atoms with van der Waals surface area (Å²) in [4.78, 5) is 38.8. The lowest BCUT2D eigenvalue weighted by atomic mass is 10.0. The van der Waals surface area contributed by atoms with Crippen molar-refractivity contribution in [3.8, 4) is 0 Å². The third-order valence-electron chi connectivity index (χ3n) is 3.53. The van der Waals surface area contributed by atoms with Crippen molar-refractivity contribution in [2.75, 3.05) is 6.61 Å². The molecule has 0 radical (unpaired) electrons. The Labute approximate surface area is 174 Å². The molecule has 0 saturated heterocycles. The van der Waals surface area contributed by atoms with E-state index in [2.05, 4.69) is 6.58 Å². The number of rotatable bonds is 9. The second kappa shape index (κ2) is 11.8. The molecule has 8 nitrogen and oxygen atoms in total. The lowest BCUT2D eigenvalue weighted by Crippen LogP contribution is -2.52. The van der Waals surface area contributed by atoms with E-state index in [1.165, 1.54) is 0 Å². The number of esters is 1. The van der Waals surface area contributed by atoms with Crippen LogP contribution in [0.2, 0.25) is 0 Å². The van der Waals surface area contributed by atoms with Gasteiger partial charge in [-0.3, -0.25) is 0 Å². The predicted octanol–water partition coefficient (Wildman–Crippen LogP) is 4.20. The van der Waals surface area contributed by atoms with Gasteiger partial charge >= 0.3 is 18.2 Å². The van der Waals surface area contributed by atoms with E-state index in [1.807, 2.05) is 0 Å². The van der Waals surface area contributed by atoms with Gasteiger partial charge in [0, 0.05) is 0 Å². The van der Waals surface area contributed by atoms with E-state index in [9.17, 15) is 19.5 Å². The fraction of sp³-hybridized carbons (Fsp3) is 0.762. The Hall–Kier alpha value is -2.09. The highest BCUT2D eigenvalue weighted by atomic mass is 16.6. The molecule has 8 heteroatoms. The fourth-order valence-electron chi connectivity index (χ4n) is 2.35. The van der Waals surface area contributed by atoms with Crippen LogP contribution in [-0.4, -0.2) is 58.1 Å². The van der Waals surface area contributed by atoms with Crippen molar-refractivity contribution in [3.63, 3.8) is 0 Å². The van der Waals surface area contributed by atoms with Gasteiger partial charge in [0.05, 0.1) is 12.7 Å². The van der Waals surface area contributed by atoms with Crippen LogP contribution >= 0.6 is 0 Å². The van der Waals surface area contributed by atoms with Crippen LogP contribution in [0.15, 0.2) is 12.7 Å². The SMILES string of the molecule is C=CCC[C@H](O)CC[C@H](C(=O)OCC)N(C(=O)OC(C)(C)C)C(=O)OC(C)(C)C. The standard InChI is InChI=1S/C21H37NO7/c1-9-11-12-15(23)13-14-16(17(24)27-10-2)22(18(25)28-20(3,4)5)19(26)29-21(6,7)8/h9,15-16,23H,1,10-14H2,2-8H3/t15-,16+/m0/s1. The van der Waals surface area contributed by atoms with Crippen molar-refractivity contribution < 1.29 is 33.7 Å². The maximum absolute atomic E-state index is 12.8. The first-order valence-corrected chi connectivity index (χ1v) is 9.92. The van der Waals surface area contributed by atoms with E-state index >= 15 is 0 Å². The Morgan fingerprint density at radius 3 is 1.83 bits per heavy atom. The third-order valence-corrected chi connectivity index (χ3v) is 3.53. The molecule has 0 aliphatic carbocycles. The second-order valence-corrected chi connectivity index (χ2v) is 8.70. The van der Waals surface area contributed by atoms with Crippen LogP contribution in [0.25, 0.3) is 0 Å². The minimum absolute atomic E-state index is 0.00955. The van der Waals surface area contributed by atoms with Gasteiger partial charge < -0.3 is 19.3 Å². The molecule has 168 valence electrons. The topological polar surface area (TPSA) is 102 Å². The maximum Gasteiger partial charge on any atom is 0.420 e. The highest BCUT2D eigenvalue weighted by Gasteiger charge is 2.41. The van der Waals surface area contributed by atoms with Crippen molar-refractivity contribution in [1.82, 2.24) is 4.90 Å². The number of imide groups is 1. The van der Waals surface area contributed by atoms with Crippen LogP contribution in [0, 0.1) is 0 Å². The molecular formula is C21H37NO7. The number of carbonyl (C=O) groups excluding carboxylic acids is 3. The average Bonchev–Trinajstić information content (AvgIpc) is 2.53. The molecule has 0 bridgehead atoms. The highest BCUT2D eigenvalue weighted by Crippen LogP contribution is 2.21. The molecule has 0 aromatic carbocycles. The molecule has 2 amide bonds. The molecule has 0 heterocycles. The van der Waals surface area contributed by atoms with E-state index in [4.69, 9.17) is 14.2 Å². The first-order chi connectivity index (χ1) is 13.2. The van der Waals surface area contributed by atoms with Gasteiger partial charge in [-0.15, -0.1) is 6.58 Å². The molecule has 0 aromatic rings. The summed E-state index contributed by atoms with van der Waals surface area (Å²) in [5, 5.41) is 10.1. The van der Waals surface area contributed by atoms with Crippen LogP contribution in [-0.2, 0) is 19.0 Å². The van der Waals surface area contributed by atoms with Crippen molar-refractivity contribution in [1.29, 1.82) is 0 Å². The smallest absolute Gasteiger partial charge is 0.420 e. The lowest BCUT2D eigenvalue weighted by molar-refractivity contribution is -0.149. The van der Waals surface area contributed by atoms with Crippen LogP contribution in [0.4, 0.5) is 9.59 Å². The van der Waals surface area contributed by atoms with Crippen LogP contribution < -0.4 is 0 Å². The Kier molecular flexibility index (Phi) is 11.0. The first-order valence-electron chi connectivity index (χ1n) is 9.92. The molecule has 0 aliphatic rings. The van der Waals surface area contributed by atoms with Gasteiger partial charge in [-0.1, -0.05) is 6.08 Å². The molecule has 1 N–H and O–H groups in total. The van der Waals surface area contributed by atoms with E-state index < -0.39 is 41.5 Å². The summed E-state index contributed by atoms with van der Waals surface area (Å²) in [6.45, 7) is 15.2. The minimum atomic E-state index is -1.28. The molecule has 0 unspecified atom stereocenters.